The number of hydrogen-bond donors (Lipinski definition) is 2. The molecule has 0 bridgehead atoms. The molecule has 1 aliphatic heterocycles. The minimum atomic E-state index is -0.527. The number of benzene rings is 4. The maximum absolute atomic E-state index is 14.2. The fraction of sp³-hybridized carbons (Fsp3) is 0.154. The lowest BCUT2D eigenvalue weighted by Crippen LogP contribution is -2.50. The number of thioether (sulfide) groups is 1. The van der Waals surface area contributed by atoms with E-state index in [0.717, 1.165) is 10.5 Å². The summed E-state index contributed by atoms with van der Waals surface area (Å²) in [5, 5.41) is 5.25. The van der Waals surface area contributed by atoms with Crippen LogP contribution in [-0.2, 0) is 9.59 Å². The molecule has 0 saturated carbocycles. The molecule has 248 valence electrons. The maximum Gasteiger partial charge on any atom is 0.272 e. The van der Waals surface area contributed by atoms with Gasteiger partial charge in [-0.1, -0.05) is 60.7 Å². The molecule has 3 amide bonds. The highest BCUT2D eigenvalue weighted by atomic mass is 32.2. The summed E-state index contributed by atoms with van der Waals surface area (Å²) in [4.78, 5) is 44.4. The lowest BCUT2D eigenvalue weighted by molar-refractivity contribution is -0.130. The van der Waals surface area contributed by atoms with Crippen molar-refractivity contribution in [1.82, 2.24) is 10.2 Å². The van der Waals surface area contributed by atoms with Crippen molar-refractivity contribution in [3.05, 3.63) is 144 Å². The Hall–Kier alpha value is -5.61. The van der Waals surface area contributed by atoms with Crippen LogP contribution in [0.1, 0.15) is 23.0 Å². The Kier molecular flexibility index (Phi) is 10.6. The molecule has 4 aromatic carbocycles. The molecule has 1 saturated heterocycles. The van der Waals surface area contributed by atoms with Crippen molar-refractivity contribution in [3.8, 4) is 11.3 Å². The number of carbonyl (C=O) groups excluding carboxylic acids is 3. The van der Waals surface area contributed by atoms with Gasteiger partial charge in [-0.05, 0) is 67.6 Å². The van der Waals surface area contributed by atoms with E-state index >= 15 is 0 Å². The Morgan fingerprint density at radius 2 is 1.45 bits per heavy atom. The summed E-state index contributed by atoms with van der Waals surface area (Å²) in [6, 6.07) is 35.6. The standard InChI is InChI=1S/C39H35FN4O4S/c1-27(39(47)44-24-22-43(23-25-44)35-15-9-8-14-33(35)40)49-32-19-16-30(17-20-32)41-38(46)34(42-37(45)29-12-6-3-7-13-29)26-31-18-21-36(48-31)28-10-4-2-5-11-28/h2-21,26-27H,22-25H2,1H3,(H,41,46)(H,42,45)/b34-26+/t27-/m1/s1. The van der Waals surface area contributed by atoms with Crippen LogP contribution in [0.25, 0.3) is 17.4 Å². The number of anilines is 2. The first-order valence-electron chi connectivity index (χ1n) is 15.9. The number of furan rings is 1. The molecule has 1 aliphatic rings. The fourth-order valence-electron chi connectivity index (χ4n) is 5.48. The lowest BCUT2D eigenvalue weighted by atomic mass is 10.2. The largest absolute Gasteiger partial charge is 0.457 e. The zero-order chi connectivity index (χ0) is 34.2. The number of nitrogens with zero attached hydrogens (tertiary/aromatic N) is 2. The van der Waals surface area contributed by atoms with Crippen LogP contribution < -0.4 is 15.5 Å². The number of carbonyl (C=O) groups is 3. The van der Waals surface area contributed by atoms with Crippen molar-refractivity contribution in [2.45, 2.75) is 17.1 Å². The van der Waals surface area contributed by atoms with E-state index in [9.17, 15) is 18.8 Å². The number of hydrogen-bond acceptors (Lipinski definition) is 6. The van der Waals surface area contributed by atoms with Crippen molar-refractivity contribution in [2.24, 2.45) is 0 Å². The SMILES string of the molecule is C[C@@H](Sc1ccc(NC(=O)/C(=C\c2ccc(-c3ccccc3)o2)NC(=O)c2ccccc2)cc1)C(=O)N1CCN(c2ccccc2F)CC1. The van der Waals surface area contributed by atoms with Gasteiger partial charge in [0.2, 0.25) is 5.91 Å². The summed E-state index contributed by atoms with van der Waals surface area (Å²) >= 11 is 1.43. The molecular weight excluding hydrogens is 640 g/mol. The number of piperazine rings is 1. The predicted molar refractivity (Wildman–Crippen MR) is 192 cm³/mol. The van der Waals surface area contributed by atoms with Crippen LogP contribution in [0.15, 0.2) is 136 Å². The van der Waals surface area contributed by atoms with Crippen molar-refractivity contribution in [2.75, 3.05) is 36.4 Å². The van der Waals surface area contributed by atoms with E-state index < -0.39 is 11.8 Å². The molecule has 0 unspecified atom stereocenters. The van der Waals surface area contributed by atoms with Gasteiger partial charge in [0.1, 0.15) is 23.0 Å². The summed E-state index contributed by atoms with van der Waals surface area (Å²) in [6.07, 6.45) is 1.50. The summed E-state index contributed by atoms with van der Waals surface area (Å²) in [6.45, 7) is 4.04. The lowest BCUT2D eigenvalue weighted by Gasteiger charge is -2.37. The van der Waals surface area contributed by atoms with E-state index in [-0.39, 0.29) is 22.7 Å². The summed E-state index contributed by atoms with van der Waals surface area (Å²) < 4.78 is 20.2. The van der Waals surface area contributed by atoms with Gasteiger partial charge in [-0.2, -0.15) is 0 Å². The first kappa shape index (κ1) is 33.3. The van der Waals surface area contributed by atoms with Gasteiger partial charge in [-0.25, -0.2) is 4.39 Å². The van der Waals surface area contributed by atoms with Crippen LogP contribution in [0, 0.1) is 5.82 Å². The predicted octanol–water partition coefficient (Wildman–Crippen LogP) is 7.32. The normalized spacial score (nSPS) is 13.9. The molecule has 0 spiro atoms. The molecular formula is C39H35FN4O4S. The Bertz CT molecular complexity index is 1940. The van der Waals surface area contributed by atoms with Crippen molar-refractivity contribution in [3.63, 3.8) is 0 Å². The van der Waals surface area contributed by atoms with Crippen molar-refractivity contribution < 1.29 is 23.2 Å². The third-order valence-corrected chi connectivity index (χ3v) is 9.16. The molecule has 5 aromatic rings. The summed E-state index contributed by atoms with van der Waals surface area (Å²) in [5.41, 5.74) is 2.38. The summed E-state index contributed by atoms with van der Waals surface area (Å²) in [5.74, 6) is -0.169. The van der Waals surface area contributed by atoms with E-state index in [1.54, 1.807) is 54.6 Å². The van der Waals surface area contributed by atoms with Crippen LogP contribution in [0.4, 0.5) is 15.8 Å². The minimum Gasteiger partial charge on any atom is -0.457 e. The van der Waals surface area contributed by atoms with E-state index in [4.69, 9.17) is 4.42 Å². The number of halogens is 1. The molecule has 49 heavy (non-hydrogen) atoms. The fourth-order valence-corrected chi connectivity index (χ4v) is 6.43. The molecule has 0 aliphatic carbocycles. The molecule has 6 rings (SSSR count). The van der Waals surface area contributed by atoms with Gasteiger partial charge in [0, 0.05) is 54.0 Å². The van der Waals surface area contributed by atoms with Crippen LogP contribution in [0.3, 0.4) is 0 Å². The van der Waals surface area contributed by atoms with Crippen LogP contribution >= 0.6 is 11.8 Å². The van der Waals surface area contributed by atoms with E-state index in [2.05, 4.69) is 10.6 Å². The minimum absolute atomic E-state index is 0.00980. The molecule has 1 atom stereocenters. The van der Waals surface area contributed by atoms with Gasteiger partial charge >= 0.3 is 0 Å². The Morgan fingerprint density at radius 1 is 0.796 bits per heavy atom. The monoisotopic (exact) mass is 674 g/mol. The number of nitrogens with one attached hydrogen (secondary N) is 2. The zero-order valence-electron chi connectivity index (χ0n) is 26.8. The first-order valence-corrected chi connectivity index (χ1v) is 16.8. The summed E-state index contributed by atoms with van der Waals surface area (Å²) in [7, 11) is 0. The third-order valence-electron chi connectivity index (χ3n) is 8.06. The van der Waals surface area contributed by atoms with Gasteiger partial charge < -0.3 is 24.9 Å². The van der Waals surface area contributed by atoms with Crippen molar-refractivity contribution in [1.29, 1.82) is 0 Å². The Morgan fingerprint density at radius 3 is 2.14 bits per heavy atom. The highest BCUT2D eigenvalue weighted by molar-refractivity contribution is 8.00. The third kappa shape index (κ3) is 8.46. The molecule has 0 radical (unpaired) electrons. The molecule has 1 aromatic heterocycles. The van der Waals surface area contributed by atoms with E-state index in [1.165, 1.54) is 23.9 Å². The van der Waals surface area contributed by atoms with Gasteiger partial charge in [0.05, 0.1) is 10.9 Å². The quantitative estimate of drug-likeness (QED) is 0.119. The van der Waals surface area contributed by atoms with Crippen molar-refractivity contribution >= 4 is 46.9 Å². The van der Waals surface area contributed by atoms with Gasteiger partial charge in [0.25, 0.3) is 11.8 Å². The Labute approximate surface area is 288 Å². The van der Waals surface area contributed by atoms with Crippen LogP contribution in [-0.4, -0.2) is 54.1 Å². The smallest absolute Gasteiger partial charge is 0.272 e. The molecule has 10 heteroatoms. The zero-order valence-corrected chi connectivity index (χ0v) is 27.7. The number of para-hydroxylation sites is 1. The molecule has 2 heterocycles. The first-order chi connectivity index (χ1) is 23.8. The average Bonchev–Trinajstić information content (AvgIpc) is 3.61. The number of amides is 3. The molecule has 8 nitrogen and oxygen atoms in total. The molecule has 1 fully saturated rings. The van der Waals surface area contributed by atoms with Crippen LogP contribution in [0.2, 0.25) is 0 Å². The van der Waals surface area contributed by atoms with Crippen LogP contribution in [0.5, 0.6) is 0 Å². The highest BCUT2D eigenvalue weighted by Crippen LogP contribution is 2.28. The maximum atomic E-state index is 14.2. The second-order valence-corrected chi connectivity index (χ2v) is 12.9. The van der Waals surface area contributed by atoms with Gasteiger partial charge in [-0.15, -0.1) is 11.8 Å². The second-order valence-electron chi connectivity index (χ2n) is 11.4. The Balaban J connectivity index is 1.09. The highest BCUT2D eigenvalue weighted by Gasteiger charge is 2.26. The topological polar surface area (TPSA) is 94.9 Å². The number of rotatable bonds is 10. The van der Waals surface area contributed by atoms with E-state index in [0.29, 0.717) is 54.6 Å². The second kappa shape index (κ2) is 15.5. The van der Waals surface area contributed by atoms with Gasteiger partial charge in [0.15, 0.2) is 0 Å². The molecule has 2 N–H and O–H groups in total. The van der Waals surface area contributed by atoms with E-state index in [1.807, 2.05) is 77.4 Å². The average molecular weight is 675 g/mol. The van der Waals surface area contributed by atoms with Gasteiger partial charge in [-0.3, -0.25) is 14.4 Å².